The molecule has 1 unspecified atom stereocenters. The monoisotopic (exact) mass is 457 g/mol. The highest BCUT2D eigenvalue weighted by Crippen LogP contribution is 2.33. The average molecular weight is 458 g/mol. The lowest BCUT2D eigenvalue weighted by Gasteiger charge is -2.22. The highest BCUT2D eigenvalue weighted by Gasteiger charge is 2.20. The van der Waals surface area contributed by atoms with Gasteiger partial charge >= 0.3 is 6.03 Å². The van der Waals surface area contributed by atoms with Gasteiger partial charge in [-0.1, -0.05) is 37.1 Å². The predicted octanol–water partition coefficient (Wildman–Crippen LogP) is 5.35. The maximum absolute atomic E-state index is 13.8. The molecule has 1 atom stereocenters. The van der Waals surface area contributed by atoms with Crippen LogP contribution in [0.5, 0.6) is 5.75 Å². The van der Waals surface area contributed by atoms with Crippen LogP contribution in [0.15, 0.2) is 66.7 Å². The van der Waals surface area contributed by atoms with E-state index in [-0.39, 0.29) is 17.1 Å². The second-order valence-corrected chi connectivity index (χ2v) is 7.26. The molecule has 0 spiro atoms. The first-order valence-corrected chi connectivity index (χ1v) is 9.99. The van der Waals surface area contributed by atoms with Gasteiger partial charge in [-0.3, -0.25) is 4.79 Å². The normalized spacial score (nSPS) is 11.4. The van der Waals surface area contributed by atoms with Gasteiger partial charge in [0.15, 0.2) is 0 Å². The van der Waals surface area contributed by atoms with Crippen molar-refractivity contribution in [2.75, 3.05) is 16.7 Å². The predicted molar refractivity (Wildman–Crippen MR) is 122 cm³/mol. The molecule has 0 fully saturated rings. The Balaban J connectivity index is 1.73. The topological polar surface area (TPSA) is 70.7 Å². The highest BCUT2D eigenvalue weighted by molar-refractivity contribution is 7.82. The largest absolute Gasteiger partial charge is 0.494 e. The number of methoxy groups -OCH3 is 1. The summed E-state index contributed by atoms with van der Waals surface area (Å²) in [5, 5.41) is 5.35. The van der Waals surface area contributed by atoms with Gasteiger partial charge in [-0.25, -0.2) is 17.9 Å². The van der Waals surface area contributed by atoms with Crippen LogP contribution in [-0.2, 0) is 0 Å². The molecule has 6 nitrogen and oxygen atoms in total. The Morgan fingerprint density at radius 3 is 2.38 bits per heavy atom. The Morgan fingerprint density at radius 2 is 1.72 bits per heavy atom. The van der Waals surface area contributed by atoms with Crippen LogP contribution in [0.4, 0.5) is 25.0 Å². The number of thiol groups is 1. The van der Waals surface area contributed by atoms with E-state index in [1.165, 1.54) is 55.6 Å². The number of halogens is 2. The summed E-state index contributed by atoms with van der Waals surface area (Å²) in [6.45, 7) is 1.76. The van der Waals surface area contributed by atoms with Crippen molar-refractivity contribution in [2.24, 2.45) is 0 Å². The molecular weight excluding hydrogens is 436 g/mol. The lowest BCUT2D eigenvalue weighted by atomic mass is 10.1. The van der Waals surface area contributed by atoms with Gasteiger partial charge in [0, 0.05) is 11.8 Å². The van der Waals surface area contributed by atoms with Gasteiger partial charge in [0.1, 0.15) is 17.4 Å². The minimum atomic E-state index is -0.637. The molecule has 0 aliphatic heterocycles. The van der Waals surface area contributed by atoms with Crippen molar-refractivity contribution < 1.29 is 23.1 Å². The van der Waals surface area contributed by atoms with Crippen LogP contribution in [0.3, 0.4) is 0 Å². The first kappa shape index (κ1) is 23.1. The molecule has 0 heterocycles. The summed E-state index contributed by atoms with van der Waals surface area (Å²) in [7, 11) is 1.40. The lowest BCUT2D eigenvalue weighted by molar-refractivity contribution is 0.102. The molecular formula is C23H21F2N3O3S. The molecule has 3 rings (SSSR count). The fourth-order valence-electron chi connectivity index (χ4n) is 2.96. The molecule has 0 radical (unpaired) electrons. The number of rotatable bonds is 6. The fraction of sp³-hybridized carbons (Fsp3) is 0.130. The summed E-state index contributed by atoms with van der Waals surface area (Å²) < 4.78 is 33.3. The third-order valence-corrected chi connectivity index (χ3v) is 5.08. The van der Waals surface area contributed by atoms with Gasteiger partial charge < -0.3 is 15.4 Å². The Morgan fingerprint density at radius 1 is 1.03 bits per heavy atom. The van der Waals surface area contributed by atoms with Gasteiger partial charge in [-0.2, -0.15) is 0 Å². The minimum Gasteiger partial charge on any atom is -0.494 e. The molecule has 166 valence electrons. The molecule has 0 aliphatic rings. The maximum Gasteiger partial charge on any atom is 0.332 e. The second kappa shape index (κ2) is 10.1. The van der Waals surface area contributed by atoms with E-state index in [0.29, 0.717) is 11.4 Å². The number of ether oxygens (including phenoxy) is 1. The van der Waals surface area contributed by atoms with Crippen LogP contribution in [0.2, 0.25) is 0 Å². The number of amides is 3. The number of nitrogens with zero attached hydrogens (tertiary/aromatic N) is 1. The van der Waals surface area contributed by atoms with Gasteiger partial charge in [-0.05, 0) is 48.9 Å². The van der Waals surface area contributed by atoms with Crippen molar-refractivity contribution in [3.8, 4) is 5.75 Å². The quantitative estimate of drug-likeness (QED) is 0.437. The lowest BCUT2D eigenvalue weighted by Crippen LogP contribution is -2.35. The number of hydrogen-bond acceptors (Lipinski definition) is 4. The van der Waals surface area contributed by atoms with Crippen molar-refractivity contribution in [3.05, 3.63) is 89.5 Å². The molecule has 9 heteroatoms. The van der Waals surface area contributed by atoms with Gasteiger partial charge in [0.05, 0.1) is 24.4 Å². The van der Waals surface area contributed by atoms with Crippen LogP contribution in [0.1, 0.15) is 28.9 Å². The standard InChI is InChI=1S/C23H21F2N3O3S/c1-14(15-7-9-16(24)10-8-15)26-23(30)28(32)20-12-11-17(13-21(20)31-2)27-22(29)18-5-3-4-6-19(18)25/h3-14,32H,1-2H3,(H,26,30)(H,27,29). The van der Waals surface area contributed by atoms with Crippen LogP contribution >= 0.6 is 12.8 Å². The molecule has 0 bridgehead atoms. The Kier molecular flexibility index (Phi) is 7.32. The summed E-state index contributed by atoms with van der Waals surface area (Å²) in [5.41, 5.74) is 1.30. The molecule has 2 N–H and O–H groups in total. The van der Waals surface area contributed by atoms with Crippen molar-refractivity contribution in [2.45, 2.75) is 13.0 Å². The molecule has 0 aromatic heterocycles. The maximum atomic E-state index is 13.8. The summed E-state index contributed by atoms with van der Waals surface area (Å²) in [6.07, 6.45) is 0. The number of urea groups is 1. The van der Waals surface area contributed by atoms with E-state index in [0.717, 1.165) is 9.87 Å². The van der Waals surface area contributed by atoms with Crippen molar-refractivity contribution >= 4 is 36.1 Å². The third kappa shape index (κ3) is 5.36. The van der Waals surface area contributed by atoms with Crippen molar-refractivity contribution in [3.63, 3.8) is 0 Å². The van der Waals surface area contributed by atoms with Crippen molar-refractivity contribution in [1.29, 1.82) is 0 Å². The number of benzene rings is 3. The fourth-order valence-corrected chi connectivity index (χ4v) is 3.19. The van der Waals surface area contributed by atoms with Gasteiger partial charge in [0.25, 0.3) is 5.91 Å². The molecule has 3 aromatic carbocycles. The average Bonchev–Trinajstić information content (AvgIpc) is 2.79. The zero-order chi connectivity index (χ0) is 23.3. The number of hydrogen-bond donors (Lipinski definition) is 3. The molecule has 0 saturated heterocycles. The van der Waals surface area contributed by atoms with E-state index >= 15 is 0 Å². The molecule has 3 aromatic rings. The number of carbonyl (C=O) groups is 2. The zero-order valence-electron chi connectivity index (χ0n) is 17.3. The summed E-state index contributed by atoms with van der Waals surface area (Å²) in [6, 6.07) is 15.0. The Hall–Kier alpha value is -3.59. The van der Waals surface area contributed by atoms with Gasteiger partial charge in [0.2, 0.25) is 0 Å². The van der Waals surface area contributed by atoms with Crippen LogP contribution < -0.4 is 19.7 Å². The summed E-state index contributed by atoms with van der Waals surface area (Å²) in [5.74, 6) is -1.36. The second-order valence-electron chi connectivity index (χ2n) is 6.86. The smallest absolute Gasteiger partial charge is 0.332 e. The van der Waals surface area contributed by atoms with E-state index < -0.39 is 23.8 Å². The molecule has 3 amide bonds. The van der Waals surface area contributed by atoms with E-state index in [9.17, 15) is 18.4 Å². The van der Waals surface area contributed by atoms with Crippen LogP contribution in [0, 0.1) is 11.6 Å². The summed E-state index contributed by atoms with van der Waals surface area (Å²) >= 11 is 4.26. The Labute approximate surface area is 189 Å². The third-order valence-electron chi connectivity index (χ3n) is 4.69. The first-order chi connectivity index (χ1) is 15.3. The molecule has 32 heavy (non-hydrogen) atoms. The molecule has 0 aliphatic carbocycles. The first-order valence-electron chi connectivity index (χ1n) is 9.59. The Bertz CT molecular complexity index is 1130. The van der Waals surface area contributed by atoms with Crippen LogP contribution in [0.25, 0.3) is 0 Å². The number of anilines is 2. The van der Waals surface area contributed by atoms with E-state index in [1.807, 2.05) is 0 Å². The number of carbonyl (C=O) groups excluding carboxylic acids is 2. The summed E-state index contributed by atoms with van der Waals surface area (Å²) in [4.78, 5) is 25.0. The van der Waals surface area contributed by atoms with Gasteiger partial charge in [-0.15, -0.1) is 0 Å². The van der Waals surface area contributed by atoms with Crippen LogP contribution in [-0.4, -0.2) is 19.0 Å². The molecule has 0 saturated carbocycles. The highest BCUT2D eigenvalue weighted by atomic mass is 32.1. The van der Waals surface area contributed by atoms with E-state index in [4.69, 9.17) is 4.74 Å². The minimum absolute atomic E-state index is 0.0967. The zero-order valence-corrected chi connectivity index (χ0v) is 18.2. The van der Waals surface area contributed by atoms with Crippen molar-refractivity contribution in [1.82, 2.24) is 5.32 Å². The van der Waals surface area contributed by atoms with E-state index in [2.05, 4.69) is 23.4 Å². The SMILES string of the molecule is COc1cc(NC(=O)c2ccccc2F)ccc1N(S)C(=O)NC(C)c1ccc(F)cc1. The van der Waals surface area contributed by atoms with E-state index in [1.54, 1.807) is 25.1 Å². The number of nitrogens with one attached hydrogen (secondary N) is 2.